The van der Waals surface area contributed by atoms with E-state index in [-0.39, 0.29) is 5.41 Å². The number of para-hydroxylation sites is 1. The average Bonchev–Trinajstić information content (AvgIpc) is 2.60. The van der Waals surface area contributed by atoms with Gasteiger partial charge in [0.05, 0.1) is 0 Å². The number of aryl methyl sites for hydroxylation is 1. The van der Waals surface area contributed by atoms with Crippen LogP contribution < -0.4 is 4.90 Å². The van der Waals surface area contributed by atoms with Crippen LogP contribution in [0.2, 0.25) is 0 Å². The monoisotopic (exact) mass is 261 g/mol. The molecule has 0 radical (unpaired) electrons. The zero-order valence-electron chi connectivity index (χ0n) is 12.1. The lowest BCUT2D eigenvalue weighted by atomic mass is 9.66. The molecule has 1 heterocycles. The number of anilines is 1. The lowest BCUT2D eigenvalue weighted by Gasteiger charge is -2.39. The van der Waals surface area contributed by atoms with Crippen molar-refractivity contribution in [3.8, 4) is 0 Å². The fourth-order valence-corrected chi connectivity index (χ4v) is 3.76. The Morgan fingerprint density at radius 3 is 2.50 bits per heavy atom. The van der Waals surface area contributed by atoms with Crippen LogP contribution in [0.25, 0.3) is 0 Å². The second kappa shape index (κ2) is 3.99. The summed E-state index contributed by atoms with van der Waals surface area (Å²) in [6.45, 7) is 2.15. The van der Waals surface area contributed by atoms with Crippen molar-refractivity contribution in [1.82, 2.24) is 0 Å². The Hall–Kier alpha value is -2.02. The Morgan fingerprint density at radius 2 is 1.80 bits per heavy atom. The third-order valence-corrected chi connectivity index (χ3v) is 4.90. The van der Waals surface area contributed by atoms with E-state index >= 15 is 0 Å². The number of allylic oxidation sites excluding steroid dienone is 2. The molecular formula is C19H19N. The largest absolute Gasteiger partial charge is 0.347 e. The minimum absolute atomic E-state index is 0.223. The Labute approximate surface area is 120 Å². The maximum Gasteiger partial charge on any atom is 0.0448 e. The third kappa shape index (κ3) is 1.44. The maximum atomic E-state index is 2.38. The van der Waals surface area contributed by atoms with Crippen LogP contribution in [0.5, 0.6) is 0 Å². The summed E-state index contributed by atoms with van der Waals surface area (Å²) in [5.41, 5.74) is 7.36. The van der Waals surface area contributed by atoms with Crippen LogP contribution in [0, 0.1) is 6.92 Å². The summed E-state index contributed by atoms with van der Waals surface area (Å²) < 4.78 is 0. The first kappa shape index (κ1) is 11.8. The number of likely N-dealkylation sites (N-methyl/N-ethyl adjacent to an activating group) is 1. The molecule has 100 valence electrons. The number of fused-ring (bicyclic) bond motifs is 3. The molecule has 2 aromatic carbocycles. The van der Waals surface area contributed by atoms with E-state index in [9.17, 15) is 0 Å². The zero-order chi connectivity index (χ0) is 13.7. The van der Waals surface area contributed by atoms with Crippen molar-refractivity contribution >= 4 is 5.69 Å². The minimum atomic E-state index is 0.223. The van der Waals surface area contributed by atoms with E-state index in [1.54, 1.807) is 0 Å². The van der Waals surface area contributed by atoms with Gasteiger partial charge in [0.15, 0.2) is 0 Å². The van der Waals surface area contributed by atoms with Crippen LogP contribution in [0.3, 0.4) is 0 Å². The molecule has 0 fully saturated rings. The first-order chi connectivity index (χ1) is 9.71. The molecule has 1 unspecified atom stereocenters. The molecule has 1 atom stereocenters. The summed E-state index contributed by atoms with van der Waals surface area (Å²) in [6, 6.07) is 17.9. The molecular weight excluding hydrogens is 242 g/mol. The molecule has 1 nitrogen and oxygen atoms in total. The molecule has 0 N–H and O–H groups in total. The van der Waals surface area contributed by atoms with Crippen molar-refractivity contribution in [2.24, 2.45) is 0 Å². The molecule has 2 aromatic rings. The van der Waals surface area contributed by atoms with E-state index in [1.165, 1.54) is 28.1 Å². The summed E-state index contributed by atoms with van der Waals surface area (Å²) in [4.78, 5) is 2.37. The molecule has 1 aliphatic carbocycles. The summed E-state index contributed by atoms with van der Waals surface area (Å²) in [5.74, 6) is 0. The molecule has 20 heavy (non-hydrogen) atoms. The van der Waals surface area contributed by atoms with Crippen molar-refractivity contribution in [3.05, 3.63) is 77.0 Å². The number of hydrogen-bond acceptors (Lipinski definition) is 1. The van der Waals surface area contributed by atoms with Gasteiger partial charge in [-0.3, -0.25) is 0 Å². The third-order valence-electron chi connectivity index (χ3n) is 4.90. The lowest BCUT2D eigenvalue weighted by Crippen LogP contribution is -2.37. The zero-order valence-corrected chi connectivity index (χ0v) is 12.1. The lowest BCUT2D eigenvalue weighted by molar-refractivity contribution is 0.466. The van der Waals surface area contributed by atoms with Gasteiger partial charge in [0, 0.05) is 23.8 Å². The van der Waals surface area contributed by atoms with Gasteiger partial charge >= 0.3 is 0 Å². The Balaban J connectivity index is 1.78. The van der Waals surface area contributed by atoms with Crippen LogP contribution in [-0.4, -0.2) is 7.05 Å². The molecule has 2 aliphatic rings. The first-order valence-corrected chi connectivity index (χ1v) is 7.30. The van der Waals surface area contributed by atoms with E-state index in [0.717, 1.165) is 12.8 Å². The van der Waals surface area contributed by atoms with Gasteiger partial charge in [-0.2, -0.15) is 0 Å². The van der Waals surface area contributed by atoms with Crippen LogP contribution in [-0.2, 0) is 11.8 Å². The number of rotatable bonds is 2. The second-order valence-corrected chi connectivity index (χ2v) is 6.11. The summed E-state index contributed by atoms with van der Waals surface area (Å²) >= 11 is 0. The molecule has 0 saturated heterocycles. The van der Waals surface area contributed by atoms with Crippen molar-refractivity contribution < 1.29 is 0 Å². The van der Waals surface area contributed by atoms with E-state index in [0.29, 0.717) is 0 Å². The second-order valence-electron chi connectivity index (χ2n) is 6.11. The first-order valence-electron chi connectivity index (χ1n) is 7.30. The summed E-state index contributed by atoms with van der Waals surface area (Å²) in [7, 11) is 2.20. The van der Waals surface area contributed by atoms with E-state index in [4.69, 9.17) is 0 Å². The van der Waals surface area contributed by atoms with E-state index in [1.807, 2.05) is 0 Å². The van der Waals surface area contributed by atoms with E-state index in [2.05, 4.69) is 73.5 Å². The van der Waals surface area contributed by atoms with Gasteiger partial charge in [0.1, 0.15) is 0 Å². The smallest absolute Gasteiger partial charge is 0.0448 e. The fourth-order valence-electron chi connectivity index (χ4n) is 3.76. The standard InChI is InChI=1S/C19H19N/c1-14-7-9-15(10-8-14)13-19-12-11-18(19)20(2)17-6-4-3-5-16(17)19/h3-11H,12-13H2,1-2H3. The Morgan fingerprint density at radius 1 is 1.05 bits per heavy atom. The summed E-state index contributed by atoms with van der Waals surface area (Å²) in [5, 5.41) is 0. The van der Waals surface area contributed by atoms with Crippen LogP contribution in [0.1, 0.15) is 23.1 Å². The van der Waals surface area contributed by atoms with E-state index < -0.39 is 0 Å². The highest BCUT2D eigenvalue weighted by molar-refractivity contribution is 5.73. The Kier molecular flexibility index (Phi) is 2.35. The maximum absolute atomic E-state index is 2.38. The molecule has 0 bridgehead atoms. The Bertz CT molecular complexity index is 696. The molecule has 0 spiro atoms. The highest BCUT2D eigenvalue weighted by Crippen LogP contribution is 2.56. The predicted molar refractivity (Wildman–Crippen MR) is 84.1 cm³/mol. The number of nitrogens with zero attached hydrogens (tertiary/aromatic N) is 1. The van der Waals surface area contributed by atoms with Crippen LogP contribution >= 0.6 is 0 Å². The number of benzene rings is 2. The van der Waals surface area contributed by atoms with Gasteiger partial charge in [-0.15, -0.1) is 0 Å². The van der Waals surface area contributed by atoms with Gasteiger partial charge < -0.3 is 4.90 Å². The van der Waals surface area contributed by atoms with Crippen LogP contribution in [0.15, 0.2) is 60.3 Å². The van der Waals surface area contributed by atoms with Gasteiger partial charge in [-0.05, 0) is 37.0 Å². The topological polar surface area (TPSA) is 3.24 Å². The highest BCUT2D eigenvalue weighted by atomic mass is 15.2. The molecule has 0 saturated carbocycles. The summed E-state index contributed by atoms with van der Waals surface area (Å²) in [6.07, 6.45) is 4.66. The fraction of sp³-hybridized carbons (Fsp3) is 0.263. The number of hydrogen-bond donors (Lipinski definition) is 0. The van der Waals surface area contributed by atoms with Gasteiger partial charge in [-0.25, -0.2) is 0 Å². The molecule has 4 rings (SSSR count). The molecule has 0 aromatic heterocycles. The van der Waals surface area contributed by atoms with Gasteiger partial charge in [0.2, 0.25) is 0 Å². The molecule has 1 aliphatic heterocycles. The normalized spacial score (nSPS) is 22.9. The van der Waals surface area contributed by atoms with Crippen molar-refractivity contribution in [1.29, 1.82) is 0 Å². The SMILES string of the molecule is Cc1ccc(CC23CC=C2N(C)c2ccccc23)cc1. The van der Waals surface area contributed by atoms with Crippen molar-refractivity contribution in [3.63, 3.8) is 0 Å². The van der Waals surface area contributed by atoms with Gasteiger partial charge in [-0.1, -0.05) is 54.1 Å². The molecule has 0 amide bonds. The van der Waals surface area contributed by atoms with Crippen LogP contribution in [0.4, 0.5) is 5.69 Å². The van der Waals surface area contributed by atoms with Gasteiger partial charge in [0.25, 0.3) is 0 Å². The van der Waals surface area contributed by atoms with Crippen molar-refractivity contribution in [2.75, 3.05) is 11.9 Å². The minimum Gasteiger partial charge on any atom is -0.347 e. The average molecular weight is 261 g/mol. The van der Waals surface area contributed by atoms with Crippen molar-refractivity contribution in [2.45, 2.75) is 25.2 Å². The molecule has 1 heteroatoms. The predicted octanol–water partition coefficient (Wildman–Crippen LogP) is 4.21. The quantitative estimate of drug-likeness (QED) is 0.782. The highest BCUT2D eigenvalue weighted by Gasteiger charge is 2.49.